The highest BCUT2D eigenvalue weighted by molar-refractivity contribution is 7.21. The van der Waals surface area contributed by atoms with Crippen LogP contribution in [0.4, 0.5) is 5.69 Å². The summed E-state index contributed by atoms with van der Waals surface area (Å²) in [7, 11) is 0. The van der Waals surface area contributed by atoms with Crippen molar-refractivity contribution < 1.29 is 5.11 Å². The Morgan fingerprint density at radius 1 is 1.24 bits per heavy atom. The highest BCUT2D eigenvalue weighted by Crippen LogP contribution is 2.32. The Morgan fingerprint density at radius 3 is 2.88 bits per heavy atom. The maximum Gasteiger partial charge on any atom is 0.143 e. The van der Waals surface area contributed by atoms with Crippen molar-refractivity contribution in [3.63, 3.8) is 0 Å². The van der Waals surface area contributed by atoms with E-state index in [2.05, 4.69) is 9.97 Å². The molecule has 5 heteroatoms. The predicted molar refractivity (Wildman–Crippen MR) is 68.9 cm³/mol. The first-order valence-electron chi connectivity index (χ1n) is 5.04. The minimum absolute atomic E-state index is 0.0907. The maximum absolute atomic E-state index is 9.38. The van der Waals surface area contributed by atoms with Gasteiger partial charge >= 0.3 is 0 Å². The van der Waals surface area contributed by atoms with Crippen molar-refractivity contribution in [2.24, 2.45) is 0 Å². The van der Waals surface area contributed by atoms with E-state index in [1.807, 2.05) is 12.1 Å². The summed E-state index contributed by atoms with van der Waals surface area (Å²) in [6, 6.07) is 8.86. The number of nitrogen functional groups attached to an aromatic ring is 1. The number of phenolic OH excluding ortho intramolecular Hbond substituents is 1. The second-order valence-electron chi connectivity index (χ2n) is 3.62. The summed E-state index contributed by atoms with van der Waals surface area (Å²) in [5.74, 6) is 0.0907. The molecule has 0 aliphatic rings. The Hall–Kier alpha value is -2.14. The third kappa shape index (κ3) is 1.70. The smallest absolute Gasteiger partial charge is 0.143 e. The Kier molecular flexibility index (Phi) is 2.19. The predicted octanol–water partition coefficient (Wildman–Crippen LogP) is 2.65. The highest BCUT2D eigenvalue weighted by Gasteiger charge is 2.08. The molecule has 3 rings (SSSR count). The highest BCUT2D eigenvalue weighted by atomic mass is 32.1. The molecule has 0 saturated carbocycles. The molecule has 3 aromatic rings. The van der Waals surface area contributed by atoms with Gasteiger partial charge < -0.3 is 10.8 Å². The number of anilines is 1. The summed E-state index contributed by atoms with van der Waals surface area (Å²) >= 11 is 1.51. The summed E-state index contributed by atoms with van der Waals surface area (Å²) in [6.45, 7) is 0. The van der Waals surface area contributed by atoms with Crippen molar-refractivity contribution in [1.82, 2.24) is 9.97 Å². The van der Waals surface area contributed by atoms with Crippen LogP contribution in [-0.4, -0.2) is 15.1 Å². The molecule has 0 aliphatic carbocycles. The third-order valence-corrected chi connectivity index (χ3v) is 3.47. The van der Waals surface area contributed by atoms with Crippen LogP contribution in [0, 0.1) is 0 Å². The molecule has 4 nitrogen and oxygen atoms in total. The quantitative estimate of drug-likeness (QED) is 0.509. The van der Waals surface area contributed by atoms with E-state index in [1.165, 1.54) is 11.3 Å². The lowest BCUT2D eigenvalue weighted by atomic mass is 10.2. The van der Waals surface area contributed by atoms with E-state index in [9.17, 15) is 5.11 Å². The summed E-state index contributed by atoms with van der Waals surface area (Å²) in [5, 5.41) is 10.2. The number of pyridine rings is 1. The van der Waals surface area contributed by atoms with E-state index in [0.29, 0.717) is 5.69 Å². The SMILES string of the molecule is Nc1cc(-c2nc3cccnc3s2)ccc1O. The molecule has 17 heavy (non-hydrogen) atoms. The van der Waals surface area contributed by atoms with Gasteiger partial charge in [-0.3, -0.25) is 0 Å². The van der Waals surface area contributed by atoms with Crippen molar-refractivity contribution in [1.29, 1.82) is 0 Å². The van der Waals surface area contributed by atoms with Crippen LogP contribution in [0.3, 0.4) is 0 Å². The van der Waals surface area contributed by atoms with Gasteiger partial charge in [0.25, 0.3) is 0 Å². The number of fused-ring (bicyclic) bond motifs is 1. The summed E-state index contributed by atoms with van der Waals surface area (Å²) in [5.41, 5.74) is 7.79. The molecule has 0 atom stereocenters. The first kappa shape index (κ1) is 10.0. The van der Waals surface area contributed by atoms with Crippen LogP contribution < -0.4 is 5.73 Å². The molecule has 1 aromatic carbocycles. The Morgan fingerprint density at radius 2 is 2.12 bits per heavy atom. The lowest BCUT2D eigenvalue weighted by Crippen LogP contribution is -1.86. The zero-order valence-corrected chi connectivity index (χ0v) is 9.61. The topological polar surface area (TPSA) is 72.0 Å². The van der Waals surface area contributed by atoms with Crippen LogP contribution in [0.1, 0.15) is 0 Å². The van der Waals surface area contributed by atoms with E-state index >= 15 is 0 Å². The summed E-state index contributed by atoms with van der Waals surface area (Å²) < 4.78 is 0. The van der Waals surface area contributed by atoms with E-state index in [-0.39, 0.29) is 5.75 Å². The number of thiazole rings is 1. The number of rotatable bonds is 1. The Bertz CT molecular complexity index is 660. The van der Waals surface area contributed by atoms with Gasteiger partial charge in [-0.15, -0.1) is 0 Å². The maximum atomic E-state index is 9.38. The molecule has 0 amide bonds. The van der Waals surface area contributed by atoms with E-state index in [4.69, 9.17) is 5.73 Å². The van der Waals surface area contributed by atoms with Gasteiger partial charge in [-0.25, -0.2) is 9.97 Å². The summed E-state index contributed by atoms with van der Waals surface area (Å²) in [6.07, 6.45) is 1.75. The average Bonchev–Trinajstić information content (AvgIpc) is 2.76. The molecule has 2 heterocycles. The lowest BCUT2D eigenvalue weighted by Gasteiger charge is -2.00. The number of nitrogens with two attached hydrogens (primary N) is 1. The molecular formula is C12H9N3OS. The number of nitrogens with zero attached hydrogens (tertiary/aromatic N) is 2. The number of phenols is 1. The normalized spacial score (nSPS) is 10.8. The number of aromatic nitrogens is 2. The van der Waals surface area contributed by atoms with Crippen molar-refractivity contribution >= 4 is 27.4 Å². The molecule has 84 valence electrons. The zero-order chi connectivity index (χ0) is 11.8. The largest absolute Gasteiger partial charge is 0.506 e. The molecule has 0 radical (unpaired) electrons. The molecular weight excluding hydrogens is 234 g/mol. The first-order valence-corrected chi connectivity index (χ1v) is 5.86. The van der Waals surface area contributed by atoms with E-state index in [1.54, 1.807) is 24.4 Å². The van der Waals surface area contributed by atoms with Crippen LogP contribution in [0.25, 0.3) is 20.9 Å². The van der Waals surface area contributed by atoms with Crippen LogP contribution in [0.15, 0.2) is 36.5 Å². The monoisotopic (exact) mass is 243 g/mol. The Labute approximate surface area is 101 Å². The molecule has 0 spiro atoms. The first-order chi connectivity index (χ1) is 8.24. The zero-order valence-electron chi connectivity index (χ0n) is 8.79. The third-order valence-electron chi connectivity index (χ3n) is 2.44. The van der Waals surface area contributed by atoms with E-state index < -0.39 is 0 Å². The van der Waals surface area contributed by atoms with Crippen LogP contribution >= 0.6 is 11.3 Å². The standard InChI is InChI=1S/C12H9N3OS/c13-8-6-7(3-4-10(8)16)11-15-9-2-1-5-14-12(9)17-11/h1-6,16H,13H2. The Balaban J connectivity index is 2.17. The molecule has 0 fully saturated rings. The molecule has 0 aliphatic heterocycles. The van der Waals surface area contributed by atoms with Gasteiger partial charge in [-0.2, -0.15) is 0 Å². The average molecular weight is 243 g/mol. The number of benzene rings is 1. The second-order valence-corrected chi connectivity index (χ2v) is 4.60. The van der Waals surface area contributed by atoms with Crippen molar-refractivity contribution in [2.45, 2.75) is 0 Å². The van der Waals surface area contributed by atoms with Gasteiger partial charge in [0, 0.05) is 11.8 Å². The van der Waals surface area contributed by atoms with Crippen LogP contribution in [0.5, 0.6) is 5.75 Å². The van der Waals surface area contributed by atoms with Gasteiger partial charge in [0.05, 0.1) is 5.69 Å². The molecule has 0 unspecified atom stereocenters. The molecule has 0 saturated heterocycles. The van der Waals surface area contributed by atoms with Crippen molar-refractivity contribution in [3.05, 3.63) is 36.5 Å². The number of hydrogen-bond donors (Lipinski definition) is 2. The fourth-order valence-electron chi connectivity index (χ4n) is 1.58. The lowest BCUT2D eigenvalue weighted by molar-refractivity contribution is 0.478. The van der Waals surface area contributed by atoms with Crippen molar-refractivity contribution in [2.75, 3.05) is 5.73 Å². The van der Waals surface area contributed by atoms with Gasteiger partial charge in [-0.1, -0.05) is 11.3 Å². The minimum atomic E-state index is 0.0907. The van der Waals surface area contributed by atoms with E-state index in [0.717, 1.165) is 20.9 Å². The molecule has 0 bridgehead atoms. The van der Waals surface area contributed by atoms with Crippen LogP contribution in [-0.2, 0) is 0 Å². The van der Waals surface area contributed by atoms with Gasteiger partial charge in [0.2, 0.25) is 0 Å². The number of aromatic hydroxyl groups is 1. The van der Waals surface area contributed by atoms with Crippen molar-refractivity contribution in [3.8, 4) is 16.3 Å². The molecule has 2 aromatic heterocycles. The molecule has 3 N–H and O–H groups in total. The van der Waals surface area contributed by atoms with Gasteiger partial charge in [0.15, 0.2) is 0 Å². The van der Waals surface area contributed by atoms with Crippen LogP contribution in [0.2, 0.25) is 0 Å². The fraction of sp³-hybridized carbons (Fsp3) is 0. The second kappa shape index (κ2) is 3.71. The summed E-state index contributed by atoms with van der Waals surface area (Å²) in [4.78, 5) is 9.61. The van der Waals surface area contributed by atoms with Gasteiger partial charge in [-0.05, 0) is 30.3 Å². The number of hydrogen-bond acceptors (Lipinski definition) is 5. The minimum Gasteiger partial charge on any atom is -0.506 e. The fourth-order valence-corrected chi connectivity index (χ4v) is 2.48. The van der Waals surface area contributed by atoms with Gasteiger partial charge in [0.1, 0.15) is 21.1 Å².